The molecule has 3 aromatic carbocycles. The molecule has 0 aliphatic carbocycles. The van der Waals surface area contributed by atoms with Crippen molar-refractivity contribution in [3.63, 3.8) is 0 Å². The summed E-state index contributed by atoms with van der Waals surface area (Å²) in [5, 5.41) is 0.475. The highest BCUT2D eigenvalue weighted by molar-refractivity contribution is 14.1. The van der Waals surface area contributed by atoms with Crippen molar-refractivity contribution in [2.75, 3.05) is 20.3 Å². The van der Waals surface area contributed by atoms with E-state index in [1.165, 1.54) is 19.2 Å². The second-order valence-corrected chi connectivity index (χ2v) is 10.7. The Morgan fingerprint density at radius 2 is 1.84 bits per heavy atom. The van der Waals surface area contributed by atoms with Crippen LogP contribution in [0.15, 0.2) is 59.5 Å². The monoisotopic (exact) mass is 673 g/mol. The number of imide groups is 1. The van der Waals surface area contributed by atoms with Crippen LogP contribution in [0.5, 0.6) is 17.2 Å². The molecule has 1 aliphatic heterocycles. The van der Waals surface area contributed by atoms with Crippen LogP contribution >= 0.6 is 57.6 Å². The fourth-order valence-electron chi connectivity index (χ4n) is 3.41. The van der Waals surface area contributed by atoms with Gasteiger partial charge in [0.15, 0.2) is 11.5 Å². The van der Waals surface area contributed by atoms with Crippen LogP contribution in [-0.4, -0.2) is 36.3 Å². The fourth-order valence-corrected chi connectivity index (χ4v) is 5.40. The lowest BCUT2D eigenvalue weighted by atomic mass is 10.1. The Balaban J connectivity index is 1.45. The third-order valence-electron chi connectivity index (χ3n) is 5.24. The molecule has 3 aromatic rings. The highest BCUT2D eigenvalue weighted by Crippen LogP contribution is 2.38. The molecule has 0 unspecified atom stereocenters. The predicted octanol–water partition coefficient (Wildman–Crippen LogP) is 7.44. The standard InChI is InChI=1S/C26H19Cl2FINO5S/c1-34-22-12-15(11-21(30)24(22)36-14-18-19(28)3-2-4-20(18)29)13-23-25(32)31(26(33)37-23)9-10-35-17-7-5-16(27)6-8-17/h2-8,11-13H,9-10,14H2,1H3/b23-13-. The molecule has 11 heteroatoms. The minimum Gasteiger partial charge on any atom is -0.493 e. The number of methoxy groups -OCH3 is 1. The Bertz CT molecular complexity index is 1350. The molecule has 0 spiro atoms. The summed E-state index contributed by atoms with van der Waals surface area (Å²) < 4.78 is 31.7. The van der Waals surface area contributed by atoms with Crippen LogP contribution < -0.4 is 14.2 Å². The van der Waals surface area contributed by atoms with Crippen molar-refractivity contribution < 1.29 is 28.2 Å². The molecule has 37 heavy (non-hydrogen) atoms. The molecular weight excluding hydrogens is 655 g/mol. The minimum absolute atomic E-state index is 0.0891. The van der Waals surface area contributed by atoms with Crippen LogP contribution in [0.1, 0.15) is 11.1 Å². The number of benzene rings is 3. The molecule has 2 amide bonds. The van der Waals surface area contributed by atoms with Gasteiger partial charge < -0.3 is 14.2 Å². The molecule has 0 saturated carbocycles. The summed E-state index contributed by atoms with van der Waals surface area (Å²) in [5.74, 6) is 0.520. The Kier molecular flexibility index (Phi) is 9.22. The molecular formula is C26H19Cl2FINO5S. The number of carbonyl (C=O) groups is 2. The lowest BCUT2D eigenvalue weighted by molar-refractivity contribution is -0.123. The smallest absolute Gasteiger partial charge is 0.293 e. The van der Waals surface area contributed by atoms with E-state index < -0.39 is 11.7 Å². The summed E-state index contributed by atoms with van der Waals surface area (Å²) in [6, 6.07) is 14.7. The zero-order chi connectivity index (χ0) is 26.5. The number of halogens is 4. The van der Waals surface area contributed by atoms with Gasteiger partial charge in [-0.25, -0.2) is 4.39 Å². The van der Waals surface area contributed by atoms with Gasteiger partial charge in [0.25, 0.3) is 11.1 Å². The number of thioether (sulfide) groups is 1. The molecule has 192 valence electrons. The maximum Gasteiger partial charge on any atom is 0.293 e. The average Bonchev–Trinajstić information content (AvgIpc) is 3.13. The van der Waals surface area contributed by atoms with E-state index in [1.54, 1.807) is 48.5 Å². The van der Waals surface area contributed by atoms with Gasteiger partial charge >= 0.3 is 0 Å². The summed E-state index contributed by atoms with van der Waals surface area (Å²) in [6.07, 6.45) is 1.62. The van der Waals surface area contributed by atoms with Crippen LogP contribution in [0.3, 0.4) is 0 Å². The fraction of sp³-hybridized carbons (Fsp3) is 0.154. The van der Waals surface area contributed by atoms with Crippen LogP contribution in [0, 0.1) is 9.39 Å². The van der Waals surface area contributed by atoms with Gasteiger partial charge in [0.2, 0.25) is 0 Å². The molecule has 1 fully saturated rings. The van der Waals surface area contributed by atoms with Crippen molar-refractivity contribution in [3.8, 4) is 17.2 Å². The van der Waals surface area contributed by atoms with E-state index in [4.69, 9.17) is 37.4 Å². The van der Waals surface area contributed by atoms with Gasteiger partial charge in [-0.05, 0) is 94.5 Å². The quantitative estimate of drug-likeness (QED) is 0.174. The molecule has 0 radical (unpaired) electrons. The van der Waals surface area contributed by atoms with E-state index in [9.17, 15) is 14.0 Å². The first kappa shape index (κ1) is 27.6. The first-order valence-corrected chi connectivity index (χ1v) is 13.5. The summed E-state index contributed by atoms with van der Waals surface area (Å²) in [7, 11) is 1.48. The summed E-state index contributed by atoms with van der Waals surface area (Å²) >= 11 is 14.9. The molecule has 0 N–H and O–H groups in total. The molecule has 0 bridgehead atoms. The number of hydrogen-bond acceptors (Lipinski definition) is 6. The lowest BCUT2D eigenvalue weighted by Gasteiger charge is -2.15. The second-order valence-electron chi connectivity index (χ2n) is 7.66. The second kappa shape index (κ2) is 12.4. The number of hydrogen-bond donors (Lipinski definition) is 0. The molecule has 0 aromatic heterocycles. The highest BCUT2D eigenvalue weighted by Gasteiger charge is 2.35. The molecule has 1 aliphatic rings. The van der Waals surface area contributed by atoms with Crippen molar-refractivity contribution in [1.82, 2.24) is 4.90 Å². The number of nitrogens with zero attached hydrogens (tertiary/aromatic N) is 1. The maximum absolute atomic E-state index is 14.1. The Hall–Kier alpha value is -2.47. The van der Waals surface area contributed by atoms with Crippen LogP contribution in [0.4, 0.5) is 9.18 Å². The largest absolute Gasteiger partial charge is 0.493 e. The molecule has 1 saturated heterocycles. The van der Waals surface area contributed by atoms with Gasteiger partial charge in [0.05, 0.1) is 27.2 Å². The van der Waals surface area contributed by atoms with Gasteiger partial charge in [0.1, 0.15) is 24.8 Å². The molecule has 0 atom stereocenters. The zero-order valence-corrected chi connectivity index (χ0v) is 23.8. The third-order valence-corrected chi connectivity index (χ3v) is 7.56. The molecule has 6 nitrogen and oxygen atoms in total. The van der Waals surface area contributed by atoms with E-state index >= 15 is 0 Å². The van der Waals surface area contributed by atoms with Crippen molar-refractivity contribution in [3.05, 3.63) is 90.1 Å². The number of rotatable bonds is 9. The Morgan fingerprint density at radius 1 is 1.08 bits per heavy atom. The highest BCUT2D eigenvalue weighted by atomic mass is 127. The average molecular weight is 674 g/mol. The number of carbonyl (C=O) groups excluding carboxylic acids is 2. The summed E-state index contributed by atoms with van der Waals surface area (Å²) in [6.45, 7) is 0.168. The third kappa shape index (κ3) is 6.70. The number of ether oxygens (including phenoxy) is 3. The van der Waals surface area contributed by atoms with Crippen molar-refractivity contribution in [2.24, 2.45) is 0 Å². The van der Waals surface area contributed by atoms with Crippen LogP contribution in [0.25, 0.3) is 6.08 Å². The minimum atomic E-state index is -0.465. The molecule has 4 rings (SSSR count). The predicted molar refractivity (Wildman–Crippen MR) is 151 cm³/mol. The van der Waals surface area contributed by atoms with Gasteiger partial charge in [0, 0.05) is 10.6 Å². The first-order chi connectivity index (χ1) is 17.8. The summed E-state index contributed by atoms with van der Waals surface area (Å²) in [4.78, 5) is 26.8. The van der Waals surface area contributed by atoms with Crippen LogP contribution in [-0.2, 0) is 11.4 Å². The Morgan fingerprint density at radius 3 is 2.54 bits per heavy atom. The topological polar surface area (TPSA) is 65.1 Å². The van der Waals surface area contributed by atoms with Gasteiger partial charge in [-0.2, -0.15) is 0 Å². The lowest BCUT2D eigenvalue weighted by Crippen LogP contribution is -2.32. The summed E-state index contributed by atoms with van der Waals surface area (Å²) in [5.41, 5.74) is 0.875. The van der Waals surface area contributed by atoms with E-state index in [0.29, 0.717) is 31.4 Å². The van der Waals surface area contributed by atoms with Crippen molar-refractivity contribution in [2.45, 2.75) is 6.61 Å². The maximum atomic E-state index is 14.1. The van der Waals surface area contributed by atoms with Gasteiger partial charge in [-0.3, -0.25) is 14.5 Å². The van der Waals surface area contributed by atoms with E-state index in [-0.39, 0.29) is 40.5 Å². The normalized spacial score (nSPS) is 14.4. The SMILES string of the molecule is COc1cc(/C=C2\SC(=O)N(CCOc3ccc(Cl)cc3)C2=O)cc(I)c1OCc1c(F)cccc1Cl. The van der Waals surface area contributed by atoms with Crippen molar-refractivity contribution in [1.29, 1.82) is 0 Å². The van der Waals surface area contributed by atoms with E-state index in [1.807, 2.05) is 0 Å². The first-order valence-electron chi connectivity index (χ1n) is 10.8. The Labute approximate surface area is 240 Å². The zero-order valence-electron chi connectivity index (χ0n) is 19.3. The van der Waals surface area contributed by atoms with Gasteiger partial charge in [-0.1, -0.05) is 29.3 Å². The van der Waals surface area contributed by atoms with Crippen molar-refractivity contribution >= 4 is 74.8 Å². The van der Waals surface area contributed by atoms with Gasteiger partial charge in [-0.15, -0.1) is 0 Å². The number of amides is 2. The van der Waals surface area contributed by atoms with Crippen LogP contribution in [0.2, 0.25) is 10.0 Å². The van der Waals surface area contributed by atoms with E-state index in [2.05, 4.69) is 22.6 Å². The molecule has 1 heterocycles. The van der Waals surface area contributed by atoms with E-state index in [0.717, 1.165) is 16.7 Å².